The Hall–Kier alpha value is -4.13. The topological polar surface area (TPSA) is 52.8 Å². The largest absolute Gasteiger partial charge is 0.489 e. The van der Waals surface area contributed by atoms with Crippen LogP contribution < -0.4 is 4.74 Å². The molecule has 0 spiro atoms. The van der Waals surface area contributed by atoms with E-state index in [4.69, 9.17) is 4.74 Å². The van der Waals surface area contributed by atoms with Crippen LogP contribution in [0.4, 0.5) is 8.78 Å². The SMILES string of the molecule is Fc1cccc(-c2nc3cnn(Cc4ccc(OCc5ccccc5)cc4)cc-3n2)c1F. The number of ether oxygens (including phenoxy) is 1. The van der Waals surface area contributed by atoms with E-state index in [1.54, 1.807) is 17.1 Å². The molecular weight excluding hydrogens is 410 g/mol. The standard InChI is InChI=1S/C25H18F2N4O/c26-21-8-4-7-20(24(21)27)25-29-22-13-28-31(15-23(22)30-25)14-17-9-11-19(12-10-17)32-16-18-5-2-1-3-6-18/h1-13,15H,14,16H2. The van der Waals surface area contributed by atoms with E-state index in [1.807, 2.05) is 54.6 Å². The third kappa shape index (κ3) is 4.18. The number of nitrogens with zero attached hydrogens (tertiary/aromatic N) is 4. The lowest BCUT2D eigenvalue weighted by Crippen LogP contribution is -2.05. The van der Waals surface area contributed by atoms with Crippen molar-refractivity contribution in [3.63, 3.8) is 0 Å². The number of hydrogen-bond acceptors (Lipinski definition) is 4. The fraction of sp³-hybridized carbons (Fsp3) is 0.0800. The second-order valence-corrected chi connectivity index (χ2v) is 7.31. The van der Waals surface area contributed by atoms with E-state index in [1.165, 1.54) is 12.1 Å². The van der Waals surface area contributed by atoms with Gasteiger partial charge in [-0.3, -0.25) is 4.68 Å². The number of aromatic nitrogens is 4. The summed E-state index contributed by atoms with van der Waals surface area (Å²) < 4.78 is 35.2. The lowest BCUT2D eigenvalue weighted by atomic mass is 10.2. The average molecular weight is 428 g/mol. The van der Waals surface area contributed by atoms with Crippen LogP contribution in [-0.2, 0) is 13.2 Å². The summed E-state index contributed by atoms with van der Waals surface area (Å²) in [4.78, 5) is 8.64. The lowest BCUT2D eigenvalue weighted by molar-refractivity contribution is 0.306. The first-order chi connectivity index (χ1) is 15.7. The van der Waals surface area contributed by atoms with E-state index in [9.17, 15) is 8.78 Å². The van der Waals surface area contributed by atoms with Gasteiger partial charge in [0.1, 0.15) is 23.7 Å². The second kappa shape index (κ2) is 8.55. The number of fused-ring (bicyclic) bond motifs is 1. The molecule has 0 amide bonds. The number of imidazole rings is 1. The maximum Gasteiger partial charge on any atom is 0.169 e. The van der Waals surface area contributed by atoms with Crippen molar-refractivity contribution in [2.24, 2.45) is 0 Å². The molecule has 158 valence electrons. The molecule has 0 saturated carbocycles. The normalized spacial score (nSPS) is 11.1. The van der Waals surface area contributed by atoms with Crippen molar-refractivity contribution >= 4 is 0 Å². The molecule has 0 saturated heterocycles. The summed E-state index contributed by atoms with van der Waals surface area (Å²) in [6.07, 6.45) is 3.31. The maximum atomic E-state index is 14.1. The molecule has 5 rings (SSSR count). The van der Waals surface area contributed by atoms with Crippen LogP contribution in [0.25, 0.3) is 22.8 Å². The van der Waals surface area contributed by atoms with E-state index in [-0.39, 0.29) is 11.4 Å². The molecule has 0 N–H and O–H groups in total. The summed E-state index contributed by atoms with van der Waals surface area (Å²) >= 11 is 0. The first-order valence-electron chi connectivity index (χ1n) is 10.1. The Morgan fingerprint density at radius 2 is 1.56 bits per heavy atom. The minimum absolute atomic E-state index is 0.0267. The fourth-order valence-electron chi connectivity index (χ4n) is 3.36. The number of rotatable bonds is 6. The maximum absolute atomic E-state index is 14.1. The van der Waals surface area contributed by atoms with Crippen molar-refractivity contribution in [3.05, 3.63) is 108 Å². The van der Waals surface area contributed by atoms with Gasteiger partial charge >= 0.3 is 0 Å². The van der Waals surface area contributed by atoms with Crippen molar-refractivity contribution in [1.29, 1.82) is 0 Å². The minimum atomic E-state index is -0.960. The lowest BCUT2D eigenvalue weighted by Gasteiger charge is -2.09. The molecule has 2 aliphatic rings. The van der Waals surface area contributed by atoms with Gasteiger partial charge in [0.25, 0.3) is 0 Å². The highest BCUT2D eigenvalue weighted by atomic mass is 19.2. The van der Waals surface area contributed by atoms with Crippen LogP contribution in [0.5, 0.6) is 5.75 Å². The van der Waals surface area contributed by atoms with Crippen LogP contribution in [0.2, 0.25) is 0 Å². The molecule has 5 nitrogen and oxygen atoms in total. The Kier molecular flexibility index (Phi) is 5.29. The van der Waals surface area contributed by atoms with E-state index in [2.05, 4.69) is 15.1 Å². The molecule has 0 aromatic heterocycles. The Morgan fingerprint density at radius 3 is 2.38 bits per heavy atom. The zero-order valence-corrected chi connectivity index (χ0v) is 17.0. The Labute approximate surface area is 183 Å². The molecule has 0 aliphatic carbocycles. The summed E-state index contributed by atoms with van der Waals surface area (Å²) in [7, 11) is 0. The van der Waals surface area contributed by atoms with Gasteiger partial charge in [0.05, 0.1) is 24.5 Å². The number of benzene rings is 3. The first kappa shape index (κ1) is 19.8. The molecule has 0 bridgehead atoms. The van der Waals surface area contributed by atoms with Crippen molar-refractivity contribution < 1.29 is 13.5 Å². The van der Waals surface area contributed by atoms with Crippen molar-refractivity contribution in [2.45, 2.75) is 13.2 Å². The third-order valence-electron chi connectivity index (χ3n) is 5.02. The third-order valence-corrected chi connectivity index (χ3v) is 5.02. The van der Waals surface area contributed by atoms with E-state index in [0.29, 0.717) is 24.5 Å². The van der Waals surface area contributed by atoms with Crippen LogP contribution in [0, 0.1) is 11.6 Å². The molecule has 32 heavy (non-hydrogen) atoms. The van der Waals surface area contributed by atoms with Gasteiger partial charge in [-0.15, -0.1) is 0 Å². The Morgan fingerprint density at radius 1 is 0.781 bits per heavy atom. The molecule has 0 atom stereocenters. The van der Waals surface area contributed by atoms with E-state index in [0.717, 1.165) is 22.9 Å². The first-order valence-corrected chi connectivity index (χ1v) is 10.1. The van der Waals surface area contributed by atoms with Gasteiger partial charge in [-0.1, -0.05) is 48.5 Å². The van der Waals surface area contributed by atoms with Crippen LogP contribution in [-0.4, -0.2) is 19.7 Å². The average Bonchev–Trinajstić information content (AvgIpc) is 3.24. The van der Waals surface area contributed by atoms with Crippen molar-refractivity contribution in [2.75, 3.05) is 0 Å². The molecular formula is C25H18F2N4O. The molecule has 0 unspecified atom stereocenters. The molecule has 3 aromatic rings. The van der Waals surface area contributed by atoms with Gasteiger partial charge in [-0.05, 0) is 35.4 Å². The highest BCUT2D eigenvalue weighted by Gasteiger charge is 2.18. The monoisotopic (exact) mass is 428 g/mol. The summed E-state index contributed by atoms with van der Waals surface area (Å²) in [5.41, 5.74) is 3.24. The van der Waals surface area contributed by atoms with Crippen LogP contribution in [0.3, 0.4) is 0 Å². The smallest absolute Gasteiger partial charge is 0.169 e. The quantitative estimate of drug-likeness (QED) is 0.366. The number of hydrogen-bond donors (Lipinski definition) is 0. The molecule has 0 radical (unpaired) electrons. The fourth-order valence-corrected chi connectivity index (χ4v) is 3.36. The van der Waals surface area contributed by atoms with Gasteiger partial charge in [0, 0.05) is 0 Å². The summed E-state index contributed by atoms with van der Waals surface area (Å²) in [6, 6.07) is 21.7. The van der Waals surface area contributed by atoms with E-state index < -0.39 is 11.6 Å². The second-order valence-electron chi connectivity index (χ2n) is 7.31. The molecule has 3 aromatic carbocycles. The zero-order chi connectivity index (χ0) is 21.9. The van der Waals surface area contributed by atoms with Gasteiger partial charge in [-0.2, -0.15) is 5.10 Å². The molecule has 7 heteroatoms. The van der Waals surface area contributed by atoms with Crippen molar-refractivity contribution in [3.8, 4) is 28.5 Å². The highest BCUT2D eigenvalue weighted by molar-refractivity contribution is 5.65. The Balaban J connectivity index is 1.30. The van der Waals surface area contributed by atoms with Crippen LogP contribution in [0.15, 0.2) is 85.2 Å². The predicted octanol–water partition coefficient (Wildman–Crippen LogP) is 5.35. The summed E-state index contributed by atoms with van der Waals surface area (Å²) in [5.74, 6) is -0.967. The Bertz CT molecular complexity index is 1320. The van der Waals surface area contributed by atoms with Crippen LogP contribution >= 0.6 is 0 Å². The summed E-state index contributed by atoms with van der Waals surface area (Å²) in [5, 5.41) is 4.36. The van der Waals surface area contributed by atoms with Gasteiger partial charge in [0.15, 0.2) is 17.5 Å². The minimum Gasteiger partial charge on any atom is -0.489 e. The zero-order valence-electron chi connectivity index (χ0n) is 17.0. The summed E-state index contributed by atoms with van der Waals surface area (Å²) in [6.45, 7) is 1.03. The number of halogens is 2. The van der Waals surface area contributed by atoms with Crippen molar-refractivity contribution in [1.82, 2.24) is 19.7 Å². The van der Waals surface area contributed by atoms with Crippen LogP contribution in [0.1, 0.15) is 11.1 Å². The van der Waals surface area contributed by atoms with Gasteiger partial charge < -0.3 is 4.74 Å². The molecule has 2 heterocycles. The van der Waals surface area contributed by atoms with Gasteiger partial charge in [0.2, 0.25) is 0 Å². The molecule has 0 fully saturated rings. The predicted molar refractivity (Wildman–Crippen MR) is 116 cm³/mol. The highest BCUT2D eigenvalue weighted by Crippen LogP contribution is 2.27. The van der Waals surface area contributed by atoms with E-state index >= 15 is 0 Å². The van der Waals surface area contributed by atoms with Gasteiger partial charge in [-0.25, -0.2) is 18.7 Å². The molecule has 2 aliphatic heterocycles.